The van der Waals surface area contributed by atoms with E-state index in [4.69, 9.17) is 30.2 Å². The van der Waals surface area contributed by atoms with Crippen molar-refractivity contribution in [2.75, 3.05) is 82.5 Å². The van der Waals surface area contributed by atoms with Crippen LogP contribution in [0.25, 0.3) is 12.2 Å². The van der Waals surface area contributed by atoms with Crippen molar-refractivity contribution >= 4 is 166 Å². The Kier molecular flexibility index (Phi) is 22.9. The summed E-state index contributed by atoms with van der Waals surface area (Å²) in [6.45, 7) is 14.5. The first-order valence-electron chi connectivity index (χ1n) is 27.0. The lowest BCUT2D eigenvalue weighted by molar-refractivity contribution is -0.120. The minimum atomic E-state index is -5.09. The zero-order chi connectivity index (χ0) is 64.5. The van der Waals surface area contributed by atoms with Gasteiger partial charge >= 0.3 is 10.1 Å². The number of nitrogens with two attached hydrogens (primary N) is 1. The van der Waals surface area contributed by atoms with Crippen molar-refractivity contribution in [1.29, 1.82) is 0 Å². The number of thiazole rings is 2. The number of azo groups is 2. The number of methoxy groups -OCH3 is 2. The van der Waals surface area contributed by atoms with Gasteiger partial charge in [-0.05, 0) is 108 Å². The monoisotopic (exact) mass is 1290 g/mol. The van der Waals surface area contributed by atoms with Crippen molar-refractivity contribution in [2.45, 2.75) is 58.6 Å². The van der Waals surface area contributed by atoms with E-state index in [0.717, 1.165) is 24.3 Å². The highest BCUT2D eigenvalue weighted by atomic mass is 32.2. The third kappa shape index (κ3) is 17.4. The summed E-state index contributed by atoms with van der Waals surface area (Å²) in [5, 5.41) is 31.3. The molecule has 3 heterocycles. The van der Waals surface area contributed by atoms with Gasteiger partial charge in [0.15, 0.2) is 16.7 Å². The molecule has 89 heavy (non-hydrogen) atoms. The van der Waals surface area contributed by atoms with Crippen molar-refractivity contribution in [1.82, 2.24) is 24.9 Å². The van der Waals surface area contributed by atoms with Crippen LogP contribution in [0.5, 0.6) is 11.5 Å². The van der Waals surface area contributed by atoms with Crippen molar-refractivity contribution in [3.8, 4) is 11.5 Å². The molecule has 0 aliphatic rings. The summed E-state index contributed by atoms with van der Waals surface area (Å²) in [4.78, 5) is 102. The number of primary amides is 1. The second-order valence-corrected chi connectivity index (χ2v) is 23.0. The van der Waals surface area contributed by atoms with Crippen LogP contribution in [0.3, 0.4) is 0 Å². The van der Waals surface area contributed by atoms with Gasteiger partial charge in [0.05, 0.1) is 57.9 Å². The molecule has 0 unspecified atom stereocenters. The van der Waals surface area contributed by atoms with E-state index in [1.165, 1.54) is 75.5 Å². The van der Waals surface area contributed by atoms with E-state index in [-0.39, 0.29) is 60.9 Å². The first kappa shape index (κ1) is 66.6. The van der Waals surface area contributed by atoms with E-state index < -0.39 is 50.0 Å². The summed E-state index contributed by atoms with van der Waals surface area (Å²) >= 11 is 2.98. The second-order valence-electron chi connectivity index (χ2n) is 18.4. The number of benzene rings is 4. The number of carbonyl (C=O) groups excluding carboxylic acids is 6. The predicted octanol–water partition coefficient (Wildman–Crippen LogP) is 11.1. The Morgan fingerprint density at radius 1 is 0.674 bits per heavy atom. The number of nitrogens with one attached hydrogen (secondary N) is 5. The molecule has 0 aliphatic heterocycles. The quantitative estimate of drug-likeness (QED) is 0.00418. The largest absolute Gasteiger partial charge is 0.494 e. The number of hydrogen-bond acceptors (Lipinski definition) is 26. The van der Waals surface area contributed by atoms with Gasteiger partial charge in [0.25, 0.3) is 11.8 Å². The normalized spacial score (nSPS) is 11.8. The number of ether oxygens (including phenoxy) is 2. The average molecular weight is 1290 g/mol. The first-order chi connectivity index (χ1) is 42.6. The van der Waals surface area contributed by atoms with Crippen molar-refractivity contribution in [3.05, 3.63) is 105 Å². The van der Waals surface area contributed by atoms with Gasteiger partial charge in [-0.1, -0.05) is 53.5 Å². The van der Waals surface area contributed by atoms with Gasteiger partial charge < -0.3 is 51.6 Å². The number of hydrogen-bond donors (Lipinski definition) is 7. The Bertz CT molecular complexity index is 4070. The lowest BCUT2D eigenvalue weighted by Crippen LogP contribution is -2.22. The number of aromatic nitrogens is 5. The van der Waals surface area contributed by atoms with Crippen molar-refractivity contribution in [3.63, 3.8) is 0 Å². The molecule has 0 atom stereocenters. The predicted molar refractivity (Wildman–Crippen MR) is 344 cm³/mol. The van der Waals surface area contributed by atoms with Gasteiger partial charge in [-0.25, -0.2) is 9.97 Å². The number of anilines is 9. The zero-order valence-electron chi connectivity index (χ0n) is 49.4. The summed E-state index contributed by atoms with van der Waals surface area (Å²) in [5.74, 6) is -2.20. The molecule has 28 nitrogen and oxygen atoms in total. The maximum Gasteiger partial charge on any atom is 0.313 e. The minimum absolute atomic E-state index is 0.0309. The smallest absolute Gasteiger partial charge is 0.313 e. The van der Waals surface area contributed by atoms with Crippen LogP contribution < -0.4 is 51.6 Å². The molecule has 7 aromatic rings. The highest BCUT2D eigenvalue weighted by Crippen LogP contribution is 2.43. The molecule has 32 heteroatoms. The summed E-state index contributed by atoms with van der Waals surface area (Å²) in [6, 6.07) is 18.9. The van der Waals surface area contributed by atoms with E-state index in [1.807, 2.05) is 45.6 Å². The Balaban J connectivity index is 1.26. The average Bonchev–Trinajstić information content (AvgIpc) is 2.06. The Labute approximate surface area is 523 Å². The lowest BCUT2D eigenvalue weighted by atomic mass is 10.1. The van der Waals surface area contributed by atoms with Crippen LogP contribution in [-0.2, 0) is 34.1 Å². The molecule has 0 saturated carbocycles. The molecule has 3 aromatic heterocycles. The summed E-state index contributed by atoms with van der Waals surface area (Å²) < 4.78 is 47.6. The summed E-state index contributed by atoms with van der Waals surface area (Å²) in [5.41, 5.74) is 8.07. The zero-order valence-corrected chi connectivity index (χ0v) is 52.7. The van der Waals surface area contributed by atoms with Crippen molar-refractivity contribution in [2.24, 2.45) is 26.2 Å². The molecule has 7 rings (SSSR count). The van der Waals surface area contributed by atoms with E-state index in [0.29, 0.717) is 99.6 Å². The van der Waals surface area contributed by atoms with Crippen LogP contribution >= 0.6 is 34.4 Å². The molecule has 464 valence electrons. The van der Waals surface area contributed by atoms with E-state index >= 15 is 0 Å². The molecule has 0 fully saturated rings. The van der Waals surface area contributed by atoms with E-state index in [1.54, 1.807) is 36.4 Å². The molecule has 0 bridgehead atoms. The number of thioether (sulfide) groups is 1. The highest BCUT2D eigenvalue weighted by molar-refractivity contribution is 7.99. The summed E-state index contributed by atoms with van der Waals surface area (Å²) in [7, 11) is -2.09. The summed E-state index contributed by atoms with van der Waals surface area (Å²) in [6.07, 6.45) is 4.29. The fraction of sp³-hybridized carbons (Fsp3) is 0.246. The van der Waals surface area contributed by atoms with Crippen LogP contribution in [0, 0.1) is 0 Å². The second kappa shape index (κ2) is 30.6. The number of ketones is 2. The molecule has 4 amide bonds. The Hall–Kier alpha value is -9.89. The molecule has 0 radical (unpaired) electrons. The van der Waals surface area contributed by atoms with Gasteiger partial charge in [0.2, 0.25) is 39.5 Å². The van der Waals surface area contributed by atoms with Crippen LogP contribution in [-0.4, -0.2) is 120 Å². The molecule has 8 N–H and O–H groups in total. The van der Waals surface area contributed by atoms with Crippen LogP contribution in [0.2, 0.25) is 0 Å². The molecule has 0 saturated heterocycles. The van der Waals surface area contributed by atoms with Crippen LogP contribution in [0.4, 0.5) is 73.3 Å². The molecule has 0 spiro atoms. The van der Waals surface area contributed by atoms with Gasteiger partial charge in [-0.3, -0.25) is 33.3 Å². The SMILES string of the molecule is CCSc1nc(Nc2cc(N(CC)CC)c(OC)cc2N=Nc2ncc(C=C(C(C)=O)C(=O)Nc3cccc(NC=O)c3)s2)nc(Nc2cc(N(CC)CC)c(OC)cc2N=Nc2nc(S(=O)(=O)O)c(C=C(C(C)=O)C(=O)Nc3cccc(C(N)=O)c3)s2)n1. The molecule has 0 aliphatic carbocycles. The van der Waals surface area contributed by atoms with Crippen molar-refractivity contribution < 1.29 is 51.2 Å². The van der Waals surface area contributed by atoms with Crippen LogP contribution in [0.1, 0.15) is 68.6 Å². The van der Waals surface area contributed by atoms with E-state index in [2.05, 4.69) is 61.9 Å². The number of nitrogens with zero attached hydrogens (tertiary/aromatic N) is 11. The van der Waals surface area contributed by atoms with Gasteiger partial charge in [0, 0.05) is 67.1 Å². The molecular formula is C57H61N17O11S4. The van der Waals surface area contributed by atoms with Gasteiger partial charge in [-0.15, -0.1) is 20.5 Å². The number of rotatable bonds is 30. The lowest BCUT2D eigenvalue weighted by Gasteiger charge is -2.25. The Morgan fingerprint density at radius 2 is 1.19 bits per heavy atom. The van der Waals surface area contributed by atoms with Gasteiger partial charge in [-0.2, -0.15) is 23.4 Å². The number of amides is 4. The highest BCUT2D eigenvalue weighted by Gasteiger charge is 2.26. The maximum atomic E-state index is 13.5. The fourth-order valence-corrected chi connectivity index (χ4v) is 11.4. The number of Topliss-reactive ketones (excluding diaryl/α,β-unsaturated/α-hetero) is 2. The molecular weight excluding hydrogens is 1230 g/mol. The van der Waals surface area contributed by atoms with E-state index in [9.17, 15) is 41.7 Å². The van der Waals surface area contributed by atoms with Crippen LogP contribution in [0.15, 0.2) is 121 Å². The number of carbonyl (C=O) groups is 6. The minimum Gasteiger partial charge on any atom is -0.494 e. The third-order valence-electron chi connectivity index (χ3n) is 12.6. The Morgan fingerprint density at radius 3 is 1.69 bits per heavy atom. The molecule has 4 aromatic carbocycles. The fourth-order valence-electron chi connectivity index (χ4n) is 8.37. The first-order valence-corrected chi connectivity index (χ1v) is 31.1. The topological polar surface area (TPSA) is 382 Å². The third-order valence-corrected chi connectivity index (χ3v) is 16.0. The van der Waals surface area contributed by atoms with Gasteiger partial charge in [0.1, 0.15) is 22.9 Å². The maximum absolute atomic E-state index is 13.5. The standard InChI is InChI=1S/C57H61N17O11S4/c1-10-73(11-2)44-25-40(42(27-46(44)84-8)69-71-55-59-29-37(87-55)23-38(31(6)76)50(79)62-36-20-16-18-34(22-36)60-30-75)63-53-66-54(68-56(67-53)86-14-5)64-41-26-45(74(12-3)13-4)47(85-9)28-43(41)70-72-57-65-52(89(81,82)83)48(88-57)24-39(32(7)77)51(80)61-35-19-15-17-33(21-35)49(58)78/h15-30H,10-14H2,1-9H3,(H2,58,78)(H,60,75)(H,61,80)(H,62,79)(H,81,82,83)(H2,63,64,66,67,68).